The van der Waals surface area contributed by atoms with Crippen molar-refractivity contribution in [3.63, 3.8) is 0 Å². The van der Waals surface area contributed by atoms with Gasteiger partial charge >= 0.3 is 6.18 Å². The van der Waals surface area contributed by atoms with Gasteiger partial charge in [0.1, 0.15) is 5.58 Å². The van der Waals surface area contributed by atoms with Crippen LogP contribution < -0.4 is 10.7 Å². The largest absolute Gasteiger partial charge is 0.450 e. The SMILES string of the molecule is Cc1cccc2c(=O)cc(C(=O)Nc3cccc(C(F)(F)F)c3)oc12. The second-order valence-electron chi connectivity index (χ2n) is 5.46. The third kappa shape index (κ3) is 3.40. The number of para-hydroxylation sites is 1. The molecule has 3 rings (SSSR count). The summed E-state index contributed by atoms with van der Waals surface area (Å²) in [6, 6.07) is 10.2. The minimum atomic E-state index is -4.52. The number of carbonyl (C=O) groups is 1. The molecule has 3 aromatic rings. The van der Waals surface area contributed by atoms with Crippen molar-refractivity contribution in [2.75, 3.05) is 5.32 Å². The van der Waals surface area contributed by atoms with E-state index in [4.69, 9.17) is 4.42 Å². The molecule has 0 bridgehead atoms. The summed E-state index contributed by atoms with van der Waals surface area (Å²) in [5.74, 6) is -1.08. The Balaban J connectivity index is 1.96. The molecule has 0 aliphatic heterocycles. The average molecular weight is 347 g/mol. The molecule has 0 spiro atoms. The maximum absolute atomic E-state index is 12.7. The van der Waals surface area contributed by atoms with Crippen molar-refractivity contribution < 1.29 is 22.4 Å². The van der Waals surface area contributed by atoms with E-state index in [2.05, 4.69) is 5.32 Å². The molecule has 1 heterocycles. The molecule has 25 heavy (non-hydrogen) atoms. The molecule has 2 aromatic carbocycles. The molecular formula is C18H12F3NO3. The highest BCUT2D eigenvalue weighted by Crippen LogP contribution is 2.30. The number of carbonyl (C=O) groups excluding carboxylic acids is 1. The zero-order valence-electron chi connectivity index (χ0n) is 13.0. The summed E-state index contributed by atoms with van der Waals surface area (Å²) < 4.78 is 43.7. The van der Waals surface area contributed by atoms with Gasteiger partial charge in [-0.15, -0.1) is 0 Å². The summed E-state index contributed by atoms with van der Waals surface area (Å²) in [7, 11) is 0. The predicted octanol–water partition coefficient (Wildman–Crippen LogP) is 4.37. The van der Waals surface area contributed by atoms with Gasteiger partial charge in [-0.3, -0.25) is 9.59 Å². The number of fused-ring (bicyclic) bond motifs is 1. The van der Waals surface area contributed by atoms with Crippen molar-refractivity contribution in [2.24, 2.45) is 0 Å². The molecule has 0 aliphatic rings. The number of hydrogen-bond donors (Lipinski definition) is 1. The van der Waals surface area contributed by atoms with Gasteiger partial charge in [0.05, 0.1) is 10.9 Å². The maximum Gasteiger partial charge on any atom is 0.416 e. The zero-order chi connectivity index (χ0) is 18.2. The van der Waals surface area contributed by atoms with Crippen LogP contribution in [0.4, 0.5) is 18.9 Å². The van der Waals surface area contributed by atoms with E-state index in [9.17, 15) is 22.8 Å². The van der Waals surface area contributed by atoms with E-state index < -0.39 is 23.1 Å². The Labute approximate surface area is 139 Å². The number of amides is 1. The molecule has 1 aromatic heterocycles. The lowest BCUT2D eigenvalue weighted by atomic mass is 10.1. The molecule has 1 N–H and O–H groups in total. The normalized spacial score (nSPS) is 11.5. The van der Waals surface area contributed by atoms with Crippen molar-refractivity contribution in [3.8, 4) is 0 Å². The second kappa shape index (κ2) is 6.08. The van der Waals surface area contributed by atoms with E-state index in [1.54, 1.807) is 25.1 Å². The quantitative estimate of drug-likeness (QED) is 0.749. The molecule has 1 amide bonds. The summed E-state index contributed by atoms with van der Waals surface area (Å²) >= 11 is 0. The number of rotatable bonds is 2. The number of alkyl halides is 3. The van der Waals surface area contributed by atoms with Crippen molar-refractivity contribution in [1.29, 1.82) is 0 Å². The molecule has 0 unspecified atom stereocenters. The summed E-state index contributed by atoms with van der Waals surface area (Å²) in [4.78, 5) is 24.4. The lowest BCUT2D eigenvalue weighted by molar-refractivity contribution is -0.137. The fourth-order valence-electron chi connectivity index (χ4n) is 2.40. The third-order valence-corrected chi connectivity index (χ3v) is 3.62. The molecule has 0 saturated carbocycles. The van der Waals surface area contributed by atoms with E-state index in [1.165, 1.54) is 12.1 Å². The van der Waals surface area contributed by atoms with Gasteiger partial charge in [-0.1, -0.05) is 18.2 Å². The minimum Gasteiger partial charge on any atom is -0.450 e. The van der Waals surface area contributed by atoms with Gasteiger partial charge in [-0.05, 0) is 36.8 Å². The topological polar surface area (TPSA) is 59.3 Å². The van der Waals surface area contributed by atoms with Gasteiger partial charge in [-0.25, -0.2) is 0 Å². The van der Waals surface area contributed by atoms with Gasteiger partial charge in [-0.2, -0.15) is 13.2 Å². The number of hydrogen-bond acceptors (Lipinski definition) is 3. The Morgan fingerprint density at radius 1 is 1.08 bits per heavy atom. The second-order valence-corrected chi connectivity index (χ2v) is 5.46. The number of nitrogens with one attached hydrogen (secondary N) is 1. The Morgan fingerprint density at radius 3 is 2.52 bits per heavy atom. The number of benzene rings is 2. The molecule has 0 aliphatic carbocycles. The smallest absolute Gasteiger partial charge is 0.416 e. The average Bonchev–Trinajstić information content (AvgIpc) is 2.55. The molecule has 128 valence electrons. The van der Waals surface area contributed by atoms with Crippen molar-refractivity contribution in [2.45, 2.75) is 13.1 Å². The minimum absolute atomic E-state index is 0.0487. The Morgan fingerprint density at radius 2 is 1.80 bits per heavy atom. The highest BCUT2D eigenvalue weighted by atomic mass is 19.4. The van der Waals surface area contributed by atoms with Gasteiger partial charge in [0, 0.05) is 11.8 Å². The van der Waals surface area contributed by atoms with E-state index in [0.29, 0.717) is 10.9 Å². The fourth-order valence-corrected chi connectivity index (χ4v) is 2.40. The van der Waals surface area contributed by atoms with Crippen LogP contribution in [0.25, 0.3) is 11.0 Å². The van der Waals surface area contributed by atoms with Crippen LogP contribution in [0, 0.1) is 6.92 Å². The van der Waals surface area contributed by atoms with Crippen LogP contribution in [0.15, 0.2) is 57.7 Å². The van der Waals surface area contributed by atoms with E-state index >= 15 is 0 Å². The van der Waals surface area contributed by atoms with Crippen LogP contribution in [0.1, 0.15) is 21.7 Å². The van der Waals surface area contributed by atoms with Crippen LogP contribution in [0.3, 0.4) is 0 Å². The number of aryl methyl sites for hydroxylation is 1. The van der Waals surface area contributed by atoms with Gasteiger partial charge < -0.3 is 9.73 Å². The number of anilines is 1. The maximum atomic E-state index is 12.7. The number of halogens is 3. The summed E-state index contributed by atoms with van der Waals surface area (Å²) in [5, 5.41) is 2.64. The summed E-state index contributed by atoms with van der Waals surface area (Å²) in [6.07, 6.45) is -4.52. The predicted molar refractivity (Wildman–Crippen MR) is 86.6 cm³/mol. The van der Waals surface area contributed by atoms with Crippen LogP contribution >= 0.6 is 0 Å². The summed E-state index contributed by atoms with van der Waals surface area (Å²) in [6.45, 7) is 1.72. The molecule has 0 saturated heterocycles. The standard InChI is InChI=1S/C18H12F3NO3/c1-10-4-2-7-13-14(23)9-15(25-16(10)13)17(24)22-12-6-3-5-11(8-12)18(19,20)21/h2-9H,1H3,(H,22,24). The first-order valence-corrected chi connectivity index (χ1v) is 7.28. The molecule has 0 fully saturated rings. The molecule has 0 radical (unpaired) electrons. The van der Waals surface area contributed by atoms with Crippen molar-refractivity contribution in [3.05, 3.63) is 75.6 Å². The highest BCUT2D eigenvalue weighted by molar-refractivity contribution is 6.03. The lowest BCUT2D eigenvalue weighted by Gasteiger charge is -2.10. The van der Waals surface area contributed by atoms with Crippen LogP contribution in [0.2, 0.25) is 0 Å². The van der Waals surface area contributed by atoms with Gasteiger partial charge in [0.2, 0.25) is 0 Å². The molecule has 7 heteroatoms. The first-order chi connectivity index (χ1) is 11.8. The third-order valence-electron chi connectivity index (χ3n) is 3.62. The Kier molecular flexibility index (Phi) is 4.08. The zero-order valence-corrected chi connectivity index (χ0v) is 13.0. The highest BCUT2D eigenvalue weighted by Gasteiger charge is 2.30. The molecular weight excluding hydrogens is 335 g/mol. The van der Waals surface area contributed by atoms with Gasteiger partial charge in [0.15, 0.2) is 11.2 Å². The lowest BCUT2D eigenvalue weighted by Crippen LogP contribution is -2.15. The fraction of sp³-hybridized carbons (Fsp3) is 0.111. The summed E-state index contributed by atoms with van der Waals surface area (Å²) in [5.41, 5.74) is -0.403. The van der Waals surface area contributed by atoms with E-state index in [-0.39, 0.29) is 17.0 Å². The monoisotopic (exact) mass is 347 g/mol. The van der Waals surface area contributed by atoms with Crippen molar-refractivity contribution >= 4 is 22.6 Å². The first-order valence-electron chi connectivity index (χ1n) is 7.28. The van der Waals surface area contributed by atoms with Crippen molar-refractivity contribution in [1.82, 2.24) is 0 Å². The molecule has 4 nitrogen and oxygen atoms in total. The Bertz CT molecular complexity index is 1020. The van der Waals surface area contributed by atoms with Crippen LogP contribution in [0.5, 0.6) is 0 Å². The van der Waals surface area contributed by atoms with E-state index in [0.717, 1.165) is 18.2 Å². The molecule has 0 atom stereocenters. The van der Waals surface area contributed by atoms with Crippen LogP contribution in [-0.4, -0.2) is 5.91 Å². The van der Waals surface area contributed by atoms with Crippen LogP contribution in [-0.2, 0) is 6.18 Å². The first kappa shape index (κ1) is 16.8. The van der Waals surface area contributed by atoms with E-state index in [1.807, 2.05) is 0 Å². The Hall–Kier alpha value is -3.09. The van der Waals surface area contributed by atoms with Gasteiger partial charge in [0.25, 0.3) is 5.91 Å².